The lowest BCUT2D eigenvalue weighted by atomic mass is 9.43. The van der Waals surface area contributed by atoms with Crippen molar-refractivity contribution in [2.45, 2.75) is 75.4 Å². The summed E-state index contributed by atoms with van der Waals surface area (Å²) in [6.45, 7) is 6.60. The van der Waals surface area contributed by atoms with Crippen molar-refractivity contribution >= 4 is 18.0 Å². The second-order valence-electron chi connectivity index (χ2n) is 10.8. The standard InChI is InChI=1S/C23H30F2O4S/c1-20(2,3)17-4-6-18(7-5-17)22-11-15-8-16(12-22)10-21(9-15,13-22)14-28-19(26)23(24,25)30-29-27/h4-7,15-16,27H,8-14H2,1-3H3. The highest BCUT2D eigenvalue weighted by Gasteiger charge is 2.59. The molecule has 0 saturated heterocycles. The quantitative estimate of drug-likeness (QED) is 0.251. The fourth-order valence-corrected chi connectivity index (χ4v) is 6.89. The molecule has 4 bridgehead atoms. The van der Waals surface area contributed by atoms with Crippen LogP contribution in [-0.4, -0.2) is 23.1 Å². The van der Waals surface area contributed by atoms with E-state index in [4.69, 9.17) is 9.99 Å². The molecule has 0 aromatic heterocycles. The normalized spacial score (nSPS) is 33.0. The van der Waals surface area contributed by atoms with Crippen molar-refractivity contribution in [2.75, 3.05) is 6.61 Å². The predicted octanol–water partition coefficient (Wildman–Crippen LogP) is 6.10. The van der Waals surface area contributed by atoms with E-state index in [-0.39, 0.29) is 22.9 Å². The molecule has 0 amide bonds. The second-order valence-corrected chi connectivity index (χ2v) is 11.6. The summed E-state index contributed by atoms with van der Waals surface area (Å²) in [6, 6.07) is 8.92. The molecule has 7 heteroatoms. The molecule has 0 spiro atoms. The lowest BCUT2D eigenvalue weighted by molar-refractivity contribution is -0.175. The minimum atomic E-state index is -3.92. The molecule has 4 saturated carbocycles. The molecule has 0 aliphatic heterocycles. The van der Waals surface area contributed by atoms with Gasteiger partial charge in [-0.15, -0.1) is 0 Å². The summed E-state index contributed by atoms with van der Waals surface area (Å²) in [7, 11) is 0. The molecule has 5 rings (SSSR count). The van der Waals surface area contributed by atoms with Crippen molar-refractivity contribution in [3.8, 4) is 0 Å². The topological polar surface area (TPSA) is 55.8 Å². The molecule has 1 aromatic carbocycles. The van der Waals surface area contributed by atoms with Crippen molar-refractivity contribution < 1.29 is 27.9 Å². The van der Waals surface area contributed by atoms with Gasteiger partial charge in [0.2, 0.25) is 0 Å². The molecule has 2 unspecified atom stereocenters. The highest BCUT2D eigenvalue weighted by molar-refractivity contribution is 7.96. The fraction of sp³-hybridized carbons (Fsp3) is 0.696. The van der Waals surface area contributed by atoms with Gasteiger partial charge in [0, 0.05) is 5.41 Å². The van der Waals surface area contributed by atoms with Crippen molar-refractivity contribution in [3.63, 3.8) is 0 Å². The van der Waals surface area contributed by atoms with Crippen LogP contribution in [0, 0.1) is 17.3 Å². The minimum Gasteiger partial charge on any atom is -0.460 e. The summed E-state index contributed by atoms with van der Waals surface area (Å²) in [5.74, 6) is -0.563. The Labute approximate surface area is 180 Å². The Hall–Kier alpha value is -1.18. The number of carbonyl (C=O) groups is 1. The maximum Gasteiger partial charge on any atom is 0.415 e. The van der Waals surface area contributed by atoms with Crippen LogP contribution in [-0.2, 0) is 24.7 Å². The summed E-state index contributed by atoms with van der Waals surface area (Å²) < 4.78 is 35.8. The first kappa shape index (κ1) is 22.0. The molecular weight excluding hydrogens is 410 g/mol. The molecular formula is C23H30F2O4S. The molecule has 166 valence electrons. The van der Waals surface area contributed by atoms with Crippen molar-refractivity contribution in [3.05, 3.63) is 35.4 Å². The average molecular weight is 441 g/mol. The van der Waals surface area contributed by atoms with Gasteiger partial charge in [-0.1, -0.05) is 45.0 Å². The van der Waals surface area contributed by atoms with Crippen LogP contribution in [0.15, 0.2) is 24.3 Å². The summed E-state index contributed by atoms with van der Waals surface area (Å²) in [5, 5.41) is 4.33. The molecule has 0 heterocycles. The Morgan fingerprint density at radius 1 is 1.13 bits per heavy atom. The average Bonchev–Trinajstić information content (AvgIpc) is 2.64. The number of hydrogen-bond donors (Lipinski definition) is 1. The van der Waals surface area contributed by atoms with E-state index in [1.165, 1.54) is 17.5 Å². The zero-order valence-electron chi connectivity index (χ0n) is 17.7. The minimum absolute atomic E-state index is 0.00222. The van der Waals surface area contributed by atoms with Crippen LogP contribution < -0.4 is 0 Å². The van der Waals surface area contributed by atoms with E-state index in [0.29, 0.717) is 11.8 Å². The summed E-state index contributed by atoms with van der Waals surface area (Å²) in [4.78, 5) is 11.8. The number of alkyl halides is 2. The number of hydrogen-bond acceptors (Lipinski definition) is 5. The van der Waals surface area contributed by atoms with Gasteiger partial charge in [-0.05, 0) is 72.3 Å². The van der Waals surface area contributed by atoms with Gasteiger partial charge in [-0.3, -0.25) is 0 Å². The summed E-state index contributed by atoms with van der Waals surface area (Å²) in [6.07, 6.45) is 6.14. The molecule has 1 N–H and O–H groups in total. The van der Waals surface area contributed by atoms with Crippen molar-refractivity contribution in [2.24, 2.45) is 17.3 Å². The molecule has 2 atom stereocenters. The van der Waals surface area contributed by atoms with E-state index in [1.807, 2.05) is 0 Å². The van der Waals surface area contributed by atoms with Gasteiger partial charge >= 0.3 is 11.2 Å². The van der Waals surface area contributed by atoms with Gasteiger partial charge in [-0.2, -0.15) is 13.1 Å². The fourth-order valence-electron chi connectivity index (χ4n) is 6.67. The number of ether oxygens (including phenoxy) is 1. The number of rotatable bonds is 6. The second kappa shape index (κ2) is 7.45. The van der Waals surface area contributed by atoms with E-state index in [2.05, 4.69) is 49.4 Å². The molecule has 4 aliphatic carbocycles. The Kier molecular flexibility index (Phi) is 5.47. The van der Waals surface area contributed by atoms with E-state index < -0.39 is 23.3 Å². The molecule has 4 nitrogen and oxygen atoms in total. The van der Waals surface area contributed by atoms with Gasteiger partial charge in [0.1, 0.15) is 12.0 Å². The highest BCUT2D eigenvalue weighted by Crippen LogP contribution is 2.65. The van der Waals surface area contributed by atoms with E-state index in [1.54, 1.807) is 0 Å². The lowest BCUT2D eigenvalue weighted by Gasteiger charge is -2.62. The number of carbonyl (C=O) groups excluding carboxylic acids is 1. The molecule has 4 fully saturated rings. The Morgan fingerprint density at radius 3 is 2.27 bits per heavy atom. The molecule has 0 radical (unpaired) electrons. The Balaban J connectivity index is 1.54. The third-order valence-corrected chi connectivity index (χ3v) is 7.89. The third kappa shape index (κ3) is 4.00. The first-order valence-corrected chi connectivity index (χ1v) is 11.4. The first-order chi connectivity index (χ1) is 14.0. The zero-order valence-corrected chi connectivity index (χ0v) is 18.6. The van der Waals surface area contributed by atoms with E-state index >= 15 is 0 Å². The summed E-state index contributed by atoms with van der Waals surface area (Å²) in [5.41, 5.74) is 2.51. The highest BCUT2D eigenvalue weighted by atomic mass is 32.2. The lowest BCUT2D eigenvalue weighted by Crippen LogP contribution is -2.55. The van der Waals surface area contributed by atoms with Crippen LogP contribution in [0.5, 0.6) is 0 Å². The van der Waals surface area contributed by atoms with E-state index in [9.17, 15) is 13.6 Å². The van der Waals surface area contributed by atoms with Crippen molar-refractivity contribution in [1.82, 2.24) is 0 Å². The van der Waals surface area contributed by atoms with Gasteiger partial charge < -0.3 is 4.74 Å². The van der Waals surface area contributed by atoms with Gasteiger partial charge in [-0.25, -0.2) is 10.1 Å². The maximum atomic E-state index is 13.7. The van der Waals surface area contributed by atoms with Gasteiger partial charge in [0.05, 0.1) is 6.61 Å². The van der Waals surface area contributed by atoms with Gasteiger partial charge in [0.15, 0.2) is 0 Å². The van der Waals surface area contributed by atoms with Crippen LogP contribution in [0.4, 0.5) is 8.78 Å². The number of benzene rings is 1. The SMILES string of the molecule is CC(C)(C)c1ccc(C23CC4CC(CC(COC(=O)C(F)(F)SOO)(C4)C2)C3)cc1. The molecule has 30 heavy (non-hydrogen) atoms. The monoisotopic (exact) mass is 440 g/mol. The predicted molar refractivity (Wildman–Crippen MR) is 111 cm³/mol. The molecule has 4 aliphatic rings. The van der Waals surface area contributed by atoms with Crippen LogP contribution in [0.2, 0.25) is 0 Å². The summed E-state index contributed by atoms with van der Waals surface area (Å²) >= 11 is -0.594. The maximum absolute atomic E-state index is 13.7. The van der Waals surface area contributed by atoms with Gasteiger partial charge in [0.25, 0.3) is 0 Å². The largest absolute Gasteiger partial charge is 0.460 e. The van der Waals surface area contributed by atoms with E-state index in [0.717, 1.165) is 32.1 Å². The van der Waals surface area contributed by atoms with Crippen molar-refractivity contribution in [1.29, 1.82) is 0 Å². The number of halogens is 2. The van der Waals surface area contributed by atoms with Crippen LogP contribution in [0.25, 0.3) is 0 Å². The molecule has 1 aromatic rings. The Bertz CT molecular complexity index is 788. The third-order valence-electron chi connectivity index (χ3n) is 7.43. The Morgan fingerprint density at radius 2 is 1.73 bits per heavy atom. The smallest absolute Gasteiger partial charge is 0.415 e. The zero-order chi connectivity index (χ0) is 21.8. The van der Waals surface area contributed by atoms with Crippen LogP contribution in [0.3, 0.4) is 0 Å². The first-order valence-electron chi connectivity index (χ1n) is 10.6. The number of esters is 1. The van der Waals surface area contributed by atoms with Crippen LogP contribution in [0.1, 0.15) is 70.4 Å². The van der Waals surface area contributed by atoms with Crippen LogP contribution >= 0.6 is 12.0 Å².